The Kier molecular flexibility index (Phi) is 6.29. The van der Waals surface area contributed by atoms with Crippen molar-refractivity contribution in [2.45, 2.75) is 39.7 Å². The molecule has 0 spiro atoms. The topological polar surface area (TPSA) is 72.3 Å². The third kappa shape index (κ3) is 4.53. The van der Waals surface area contributed by atoms with Crippen LogP contribution in [-0.4, -0.2) is 30.2 Å². The number of hydrogen-bond acceptors (Lipinski definition) is 4. The Morgan fingerprint density at radius 3 is 2.38 bits per heavy atom. The SMILES string of the molecule is CCCCc1ncc(C)n1Cc1ccc(-c2cc(-c3ccccc3)ccc2-c2nn[nH]n2)cc1. The number of aryl methyl sites for hydroxylation is 2. The van der Waals surface area contributed by atoms with Crippen LogP contribution < -0.4 is 0 Å². The first-order valence-electron chi connectivity index (χ1n) is 11.8. The van der Waals surface area contributed by atoms with Gasteiger partial charge in [-0.3, -0.25) is 0 Å². The maximum absolute atomic E-state index is 4.63. The van der Waals surface area contributed by atoms with Gasteiger partial charge in [0.1, 0.15) is 5.82 Å². The van der Waals surface area contributed by atoms with Gasteiger partial charge in [-0.2, -0.15) is 5.21 Å². The molecule has 0 aliphatic rings. The average Bonchev–Trinajstić information content (AvgIpc) is 3.54. The molecule has 0 fully saturated rings. The number of nitrogens with one attached hydrogen (secondary N) is 1. The van der Waals surface area contributed by atoms with E-state index in [1.165, 1.54) is 29.1 Å². The molecule has 0 saturated heterocycles. The first kappa shape index (κ1) is 21.8. The summed E-state index contributed by atoms with van der Waals surface area (Å²) in [5, 5.41) is 14.8. The Morgan fingerprint density at radius 1 is 0.853 bits per heavy atom. The fraction of sp³-hybridized carbons (Fsp3) is 0.214. The van der Waals surface area contributed by atoms with Gasteiger partial charge in [0, 0.05) is 30.4 Å². The van der Waals surface area contributed by atoms with Crippen molar-refractivity contribution in [1.82, 2.24) is 30.2 Å². The second-order valence-electron chi connectivity index (χ2n) is 8.56. The van der Waals surface area contributed by atoms with Crippen LogP contribution in [0.25, 0.3) is 33.6 Å². The molecular formula is C28H28N6. The highest BCUT2D eigenvalue weighted by Gasteiger charge is 2.14. The Bertz CT molecular complexity index is 1350. The molecule has 0 saturated carbocycles. The maximum atomic E-state index is 4.63. The minimum Gasteiger partial charge on any atom is -0.328 e. The van der Waals surface area contributed by atoms with Crippen molar-refractivity contribution in [3.05, 3.63) is 96.1 Å². The lowest BCUT2D eigenvalue weighted by molar-refractivity contribution is 0.667. The molecule has 170 valence electrons. The van der Waals surface area contributed by atoms with Crippen LogP contribution in [0.15, 0.2) is 79.0 Å². The molecule has 0 aliphatic carbocycles. The third-order valence-electron chi connectivity index (χ3n) is 6.21. The fourth-order valence-electron chi connectivity index (χ4n) is 4.30. The zero-order valence-corrected chi connectivity index (χ0v) is 19.6. The molecule has 0 atom stereocenters. The predicted octanol–water partition coefficient (Wildman–Crippen LogP) is 6.10. The van der Waals surface area contributed by atoms with Crippen LogP contribution in [0.3, 0.4) is 0 Å². The van der Waals surface area contributed by atoms with E-state index in [2.05, 4.69) is 111 Å². The number of unbranched alkanes of at least 4 members (excludes halogenated alkanes) is 1. The summed E-state index contributed by atoms with van der Waals surface area (Å²) in [5.74, 6) is 1.76. The smallest absolute Gasteiger partial charge is 0.205 e. The molecule has 34 heavy (non-hydrogen) atoms. The summed E-state index contributed by atoms with van der Waals surface area (Å²) in [7, 11) is 0. The molecule has 0 radical (unpaired) electrons. The van der Waals surface area contributed by atoms with Gasteiger partial charge in [0.2, 0.25) is 5.82 Å². The van der Waals surface area contributed by atoms with Gasteiger partial charge in [-0.1, -0.05) is 74.0 Å². The van der Waals surface area contributed by atoms with E-state index >= 15 is 0 Å². The van der Waals surface area contributed by atoms with E-state index in [4.69, 9.17) is 0 Å². The first-order valence-corrected chi connectivity index (χ1v) is 11.8. The standard InChI is InChI=1S/C28H28N6/c1-3-4-10-27-29-18-20(2)34(27)19-21-11-13-23(14-12-21)26-17-24(22-8-6-5-7-9-22)15-16-25(26)28-30-32-33-31-28/h5-9,11-18H,3-4,10,19H2,1-2H3,(H,30,31,32,33). The maximum Gasteiger partial charge on any atom is 0.205 e. The summed E-state index contributed by atoms with van der Waals surface area (Å²) in [6.07, 6.45) is 5.33. The monoisotopic (exact) mass is 448 g/mol. The lowest BCUT2D eigenvalue weighted by atomic mass is 9.93. The van der Waals surface area contributed by atoms with Crippen molar-refractivity contribution in [3.8, 4) is 33.6 Å². The number of hydrogen-bond donors (Lipinski definition) is 1. The normalized spacial score (nSPS) is 11.1. The number of imidazole rings is 1. The van der Waals surface area contributed by atoms with Gasteiger partial charge in [0.15, 0.2) is 0 Å². The molecule has 1 N–H and O–H groups in total. The highest BCUT2D eigenvalue weighted by Crippen LogP contribution is 2.34. The molecular weight excluding hydrogens is 420 g/mol. The van der Waals surface area contributed by atoms with Gasteiger partial charge < -0.3 is 4.57 Å². The van der Waals surface area contributed by atoms with E-state index in [1.54, 1.807) is 0 Å². The number of tetrazole rings is 1. The second kappa shape index (κ2) is 9.83. The summed E-state index contributed by atoms with van der Waals surface area (Å²) in [5.41, 5.74) is 7.94. The van der Waals surface area contributed by atoms with Crippen molar-refractivity contribution in [2.24, 2.45) is 0 Å². The van der Waals surface area contributed by atoms with Crippen LogP contribution in [0, 0.1) is 6.92 Å². The average molecular weight is 449 g/mol. The van der Waals surface area contributed by atoms with Crippen LogP contribution in [0.4, 0.5) is 0 Å². The second-order valence-corrected chi connectivity index (χ2v) is 8.56. The number of aromatic nitrogens is 6. The Labute approximate surface area is 199 Å². The van der Waals surface area contributed by atoms with Crippen LogP contribution in [-0.2, 0) is 13.0 Å². The van der Waals surface area contributed by atoms with Crippen LogP contribution in [0.2, 0.25) is 0 Å². The molecule has 2 aromatic heterocycles. The Morgan fingerprint density at radius 2 is 1.65 bits per heavy atom. The first-order chi connectivity index (χ1) is 16.7. The molecule has 0 amide bonds. The summed E-state index contributed by atoms with van der Waals surface area (Å²) < 4.78 is 2.32. The highest BCUT2D eigenvalue weighted by atomic mass is 15.5. The summed E-state index contributed by atoms with van der Waals surface area (Å²) in [6.45, 7) is 5.17. The van der Waals surface area contributed by atoms with Gasteiger partial charge in [-0.15, -0.1) is 10.2 Å². The van der Waals surface area contributed by atoms with Crippen molar-refractivity contribution in [2.75, 3.05) is 0 Å². The van der Waals surface area contributed by atoms with E-state index < -0.39 is 0 Å². The molecule has 2 heterocycles. The zero-order chi connectivity index (χ0) is 23.3. The van der Waals surface area contributed by atoms with Crippen LogP contribution in [0.5, 0.6) is 0 Å². The molecule has 6 nitrogen and oxygen atoms in total. The number of rotatable bonds is 8. The van der Waals surface area contributed by atoms with Crippen molar-refractivity contribution >= 4 is 0 Å². The predicted molar refractivity (Wildman–Crippen MR) is 135 cm³/mol. The van der Waals surface area contributed by atoms with E-state index in [9.17, 15) is 0 Å². The summed E-state index contributed by atoms with van der Waals surface area (Å²) >= 11 is 0. The zero-order valence-electron chi connectivity index (χ0n) is 19.6. The molecule has 5 aromatic rings. The van der Waals surface area contributed by atoms with E-state index in [1.807, 2.05) is 12.3 Å². The molecule has 0 bridgehead atoms. The van der Waals surface area contributed by atoms with Crippen LogP contribution >= 0.6 is 0 Å². The lowest BCUT2D eigenvalue weighted by Crippen LogP contribution is -2.07. The van der Waals surface area contributed by atoms with Crippen molar-refractivity contribution < 1.29 is 0 Å². The Balaban J connectivity index is 1.49. The Hall–Kier alpha value is -4.06. The quantitative estimate of drug-likeness (QED) is 0.311. The lowest BCUT2D eigenvalue weighted by Gasteiger charge is -2.13. The van der Waals surface area contributed by atoms with Gasteiger partial charge >= 0.3 is 0 Å². The highest BCUT2D eigenvalue weighted by molar-refractivity contribution is 5.84. The van der Waals surface area contributed by atoms with Crippen LogP contribution in [0.1, 0.15) is 36.8 Å². The van der Waals surface area contributed by atoms with Gasteiger partial charge in [0.25, 0.3) is 0 Å². The van der Waals surface area contributed by atoms with E-state index in [0.717, 1.165) is 41.6 Å². The molecule has 0 unspecified atom stereocenters. The number of nitrogens with zero attached hydrogens (tertiary/aromatic N) is 5. The minimum absolute atomic E-state index is 0.591. The third-order valence-corrected chi connectivity index (χ3v) is 6.21. The van der Waals surface area contributed by atoms with Gasteiger partial charge in [-0.05, 0) is 58.5 Å². The summed E-state index contributed by atoms with van der Waals surface area (Å²) in [4.78, 5) is 4.63. The number of aromatic amines is 1. The summed E-state index contributed by atoms with van der Waals surface area (Å²) in [6, 6.07) is 25.6. The molecule has 6 heteroatoms. The number of H-pyrrole nitrogens is 1. The largest absolute Gasteiger partial charge is 0.328 e. The molecule has 5 rings (SSSR count). The van der Waals surface area contributed by atoms with Crippen molar-refractivity contribution in [3.63, 3.8) is 0 Å². The van der Waals surface area contributed by atoms with Gasteiger partial charge in [0.05, 0.1) is 0 Å². The van der Waals surface area contributed by atoms with E-state index in [-0.39, 0.29) is 0 Å². The molecule has 0 aliphatic heterocycles. The van der Waals surface area contributed by atoms with Gasteiger partial charge in [-0.25, -0.2) is 4.98 Å². The number of benzene rings is 3. The minimum atomic E-state index is 0.591. The molecule has 3 aromatic carbocycles. The van der Waals surface area contributed by atoms with Crippen molar-refractivity contribution in [1.29, 1.82) is 0 Å². The fourth-order valence-corrected chi connectivity index (χ4v) is 4.30. The van der Waals surface area contributed by atoms with E-state index in [0.29, 0.717) is 5.82 Å².